The van der Waals surface area contributed by atoms with E-state index in [2.05, 4.69) is 51.8 Å². The summed E-state index contributed by atoms with van der Waals surface area (Å²) < 4.78 is 6.18. The Morgan fingerprint density at radius 2 is 1.81 bits per heavy atom. The van der Waals surface area contributed by atoms with Crippen molar-refractivity contribution in [3.63, 3.8) is 0 Å². The van der Waals surface area contributed by atoms with Gasteiger partial charge < -0.3 is 15.4 Å². The monoisotopic (exact) mass is 412 g/mol. The quantitative estimate of drug-likeness (QED) is 0.475. The Balaban J connectivity index is 1.26. The van der Waals surface area contributed by atoms with Crippen LogP contribution in [0.15, 0.2) is 60.3 Å². The van der Waals surface area contributed by atoms with E-state index in [1.54, 1.807) is 6.20 Å². The first-order valence-electron chi connectivity index (χ1n) is 11.2. The minimum atomic E-state index is 0.332. The average molecular weight is 413 g/mol. The van der Waals surface area contributed by atoms with E-state index in [9.17, 15) is 0 Å². The van der Waals surface area contributed by atoms with Crippen LogP contribution in [0.3, 0.4) is 0 Å². The molecule has 5 nitrogen and oxygen atoms in total. The molecule has 1 aromatic heterocycles. The van der Waals surface area contributed by atoms with Gasteiger partial charge in [-0.15, -0.1) is 0 Å². The van der Waals surface area contributed by atoms with E-state index in [0.717, 1.165) is 42.2 Å². The average Bonchev–Trinajstić information content (AvgIpc) is 3.14. The fourth-order valence-corrected chi connectivity index (χ4v) is 4.37. The second-order valence-electron chi connectivity index (χ2n) is 8.50. The third-order valence-corrected chi connectivity index (χ3v) is 5.89. The lowest BCUT2D eigenvalue weighted by Crippen LogP contribution is -2.19. The molecule has 2 N–H and O–H groups in total. The largest absolute Gasteiger partial charge is 0.490 e. The zero-order valence-electron chi connectivity index (χ0n) is 17.9. The summed E-state index contributed by atoms with van der Waals surface area (Å²) in [6, 6.07) is 16.4. The number of rotatable bonds is 6. The number of fused-ring (bicyclic) bond motifs is 1. The van der Waals surface area contributed by atoms with Crippen molar-refractivity contribution in [3.8, 4) is 5.75 Å². The van der Waals surface area contributed by atoms with Crippen LogP contribution in [-0.2, 0) is 6.42 Å². The van der Waals surface area contributed by atoms with Crippen LogP contribution >= 0.6 is 0 Å². The highest BCUT2D eigenvalue weighted by Crippen LogP contribution is 2.29. The van der Waals surface area contributed by atoms with Gasteiger partial charge in [-0.3, -0.25) is 0 Å². The zero-order valence-corrected chi connectivity index (χ0v) is 17.9. The topological polar surface area (TPSA) is 59.1 Å². The van der Waals surface area contributed by atoms with Gasteiger partial charge >= 0.3 is 0 Å². The molecule has 0 radical (unpaired) electrons. The molecule has 0 unspecified atom stereocenters. The fourth-order valence-electron chi connectivity index (χ4n) is 4.37. The number of hydrogen-bond donors (Lipinski definition) is 2. The lowest BCUT2D eigenvalue weighted by molar-refractivity contribution is 0.155. The maximum atomic E-state index is 6.18. The van der Waals surface area contributed by atoms with Crippen LogP contribution in [0.4, 0.5) is 23.1 Å². The van der Waals surface area contributed by atoms with E-state index in [4.69, 9.17) is 4.74 Å². The van der Waals surface area contributed by atoms with Crippen molar-refractivity contribution in [1.29, 1.82) is 0 Å². The number of allylic oxidation sites excluding steroid dienone is 1. The van der Waals surface area contributed by atoms with Gasteiger partial charge in [-0.05, 0) is 80.5 Å². The zero-order chi connectivity index (χ0) is 21.0. The number of aromatic nitrogens is 2. The molecule has 1 saturated carbocycles. The SMILES string of the molecule is CC1=Cc2cc(Nc3ccnc(Nc4cccc(OC5CCCCC5)c4)n3)ccc2C1. The second kappa shape index (κ2) is 8.80. The predicted molar refractivity (Wildman–Crippen MR) is 126 cm³/mol. The summed E-state index contributed by atoms with van der Waals surface area (Å²) >= 11 is 0. The predicted octanol–water partition coefficient (Wildman–Crippen LogP) is 6.63. The van der Waals surface area contributed by atoms with Crippen molar-refractivity contribution in [2.45, 2.75) is 51.6 Å². The molecule has 5 heteroatoms. The minimum Gasteiger partial charge on any atom is -0.490 e. The molecule has 1 fully saturated rings. The summed E-state index contributed by atoms with van der Waals surface area (Å²) in [5, 5.41) is 6.70. The number of nitrogens with one attached hydrogen (secondary N) is 2. The minimum absolute atomic E-state index is 0.332. The van der Waals surface area contributed by atoms with Crippen LogP contribution in [0.1, 0.15) is 50.2 Å². The molecule has 3 aromatic rings. The van der Waals surface area contributed by atoms with Crippen LogP contribution in [-0.4, -0.2) is 16.1 Å². The van der Waals surface area contributed by atoms with Gasteiger partial charge in [0.1, 0.15) is 11.6 Å². The lowest BCUT2D eigenvalue weighted by Gasteiger charge is -2.23. The summed E-state index contributed by atoms with van der Waals surface area (Å²) in [7, 11) is 0. The highest BCUT2D eigenvalue weighted by molar-refractivity contribution is 5.70. The molecular formula is C26H28N4O. The molecule has 0 spiro atoms. The summed E-state index contributed by atoms with van der Waals surface area (Å²) in [4.78, 5) is 9.00. The maximum Gasteiger partial charge on any atom is 0.229 e. The van der Waals surface area contributed by atoms with Crippen molar-refractivity contribution in [3.05, 3.63) is 71.4 Å². The molecule has 1 heterocycles. The van der Waals surface area contributed by atoms with E-state index in [0.29, 0.717) is 12.1 Å². The van der Waals surface area contributed by atoms with Crippen LogP contribution in [0.2, 0.25) is 0 Å². The van der Waals surface area contributed by atoms with Gasteiger partial charge in [0.25, 0.3) is 0 Å². The van der Waals surface area contributed by atoms with Crippen LogP contribution in [0.5, 0.6) is 5.75 Å². The normalized spacial score (nSPS) is 15.8. The molecule has 2 aliphatic rings. The van der Waals surface area contributed by atoms with Crippen LogP contribution < -0.4 is 15.4 Å². The van der Waals surface area contributed by atoms with Gasteiger partial charge in [-0.1, -0.05) is 30.2 Å². The summed E-state index contributed by atoms with van der Waals surface area (Å²) in [5.41, 5.74) is 6.00. The Bertz CT molecular complexity index is 1100. The molecule has 2 aliphatic carbocycles. The Morgan fingerprint density at radius 1 is 0.935 bits per heavy atom. The molecule has 0 atom stereocenters. The van der Waals surface area contributed by atoms with E-state index in [-0.39, 0.29) is 0 Å². The smallest absolute Gasteiger partial charge is 0.229 e. The van der Waals surface area contributed by atoms with Gasteiger partial charge in [0.2, 0.25) is 5.95 Å². The molecule has 2 aromatic carbocycles. The van der Waals surface area contributed by atoms with Gasteiger partial charge in [0, 0.05) is 23.6 Å². The van der Waals surface area contributed by atoms with Crippen molar-refractivity contribution in [2.75, 3.05) is 10.6 Å². The van der Waals surface area contributed by atoms with E-state index in [1.165, 1.54) is 36.0 Å². The third-order valence-electron chi connectivity index (χ3n) is 5.89. The molecule has 158 valence electrons. The van der Waals surface area contributed by atoms with Gasteiger partial charge in [-0.25, -0.2) is 4.98 Å². The lowest BCUT2D eigenvalue weighted by atomic mass is 9.98. The Hall–Kier alpha value is -3.34. The molecule has 0 amide bonds. The van der Waals surface area contributed by atoms with Gasteiger partial charge in [-0.2, -0.15) is 4.98 Å². The second-order valence-corrected chi connectivity index (χ2v) is 8.50. The number of hydrogen-bond acceptors (Lipinski definition) is 5. The third kappa shape index (κ3) is 4.88. The van der Waals surface area contributed by atoms with Crippen molar-refractivity contribution in [2.24, 2.45) is 0 Å². The van der Waals surface area contributed by atoms with Gasteiger partial charge in [0.15, 0.2) is 0 Å². The highest BCUT2D eigenvalue weighted by atomic mass is 16.5. The van der Waals surface area contributed by atoms with E-state index in [1.807, 2.05) is 30.3 Å². The van der Waals surface area contributed by atoms with Crippen molar-refractivity contribution >= 4 is 29.2 Å². The number of ether oxygens (including phenoxy) is 1. The molecule has 0 saturated heterocycles. The first kappa shape index (κ1) is 19.6. The number of anilines is 4. The Kier molecular flexibility index (Phi) is 5.57. The van der Waals surface area contributed by atoms with Crippen LogP contribution in [0, 0.1) is 0 Å². The van der Waals surface area contributed by atoms with Crippen molar-refractivity contribution < 1.29 is 4.74 Å². The first-order chi connectivity index (χ1) is 15.2. The Morgan fingerprint density at radius 3 is 2.71 bits per heavy atom. The Labute approximate surface area is 183 Å². The number of nitrogens with zero attached hydrogens (tertiary/aromatic N) is 2. The van der Waals surface area contributed by atoms with E-state index >= 15 is 0 Å². The van der Waals surface area contributed by atoms with E-state index < -0.39 is 0 Å². The highest BCUT2D eigenvalue weighted by Gasteiger charge is 2.15. The maximum absolute atomic E-state index is 6.18. The fraction of sp³-hybridized carbons (Fsp3) is 0.308. The van der Waals surface area contributed by atoms with Gasteiger partial charge in [0.05, 0.1) is 6.10 Å². The summed E-state index contributed by atoms with van der Waals surface area (Å²) in [5.74, 6) is 2.20. The standard InChI is InChI=1S/C26H28N4O/c1-18-14-19-10-11-22(16-20(19)15-18)28-25-12-13-27-26(30-25)29-21-6-5-9-24(17-21)31-23-7-3-2-4-8-23/h5-6,9-13,15-17,23H,2-4,7-8,14H2,1H3,(H2,27,28,29,30). The summed E-state index contributed by atoms with van der Waals surface area (Å²) in [6.07, 6.45) is 11.5. The molecular weight excluding hydrogens is 384 g/mol. The first-order valence-corrected chi connectivity index (χ1v) is 11.2. The molecule has 31 heavy (non-hydrogen) atoms. The van der Waals surface area contributed by atoms with Crippen LogP contribution in [0.25, 0.3) is 6.08 Å². The molecule has 0 bridgehead atoms. The molecule has 5 rings (SSSR count). The number of benzene rings is 2. The summed E-state index contributed by atoms with van der Waals surface area (Å²) in [6.45, 7) is 2.17. The molecule has 0 aliphatic heterocycles. The van der Waals surface area contributed by atoms with Crippen molar-refractivity contribution in [1.82, 2.24) is 9.97 Å².